The fourth-order valence-corrected chi connectivity index (χ4v) is 2.35. The van der Waals surface area contributed by atoms with Crippen molar-refractivity contribution < 1.29 is 13.9 Å². The first kappa shape index (κ1) is 18.3. The van der Waals surface area contributed by atoms with E-state index in [2.05, 4.69) is 10.4 Å². The van der Waals surface area contributed by atoms with Crippen LogP contribution in [-0.4, -0.2) is 22.0 Å². The van der Waals surface area contributed by atoms with Crippen LogP contribution < -0.4 is 5.32 Å². The molecule has 0 spiro atoms. The maximum atomic E-state index is 12.7. The van der Waals surface area contributed by atoms with Crippen LogP contribution in [0.5, 0.6) is 0 Å². The van der Waals surface area contributed by atoms with Crippen LogP contribution in [0.1, 0.15) is 31.7 Å². The molecule has 1 amide bonds. The highest BCUT2D eigenvalue weighted by Gasteiger charge is 2.07. The molecule has 7 heteroatoms. The third-order valence-corrected chi connectivity index (χ3v) is 3.80. The lowest BCUT2D eigenvalue weighted by atomic mass is 10.2. The number of nitrogens with one attached hydrogen (secondary N) is 1. The maximum absolute atomic E-state index is 12.7. The van der Waals surface area contributed by atoms with Crippen LogP contribution in [0.2, 0.25) is 5.02 Å². The molecule has 0 fully saturated rings. The van der Waals surface area contributed by atoms with Crippen molar-refractivity contribution >= 4 is 23.4 Å². The molecule has 0 saturated carbocycles. The van der Waals surface area contributed by atoms with E-state index in [-0.39, 0.29) is 6.61 Å². The molecule has 1 aromatic carbocycles. The molecule has 0 saturated heterocycles. The third-order valence-electron chi connectivity index (χ3n) is 3.44. The van der Waals surface area contributed by atoms with E-state index in [1.54, 1.807) is 36.1 Å². The van der Waals surface area contributed by atoms with Crippen LogP contribution in [0.3, 0.4) is 0 Å². The fraction of sp³-hybridized carbons (Fsp3) is 0.412. The van der Waals surface area contributed by atoms with Crippen molar-refractivity contribution in [2.24, 2.45) is 0 Å². The number of ether oxygens (including phenoxy) is 1. The van der Waals surface area contributed by atoms with Crippen molar-refractivity contribution in [2.75, 3.05) is 5.32 Å². The van der Waals surface area contributed by atoms with Crippen LogP contribution in [0.4, 0.5) is 14.9 Å². The van der Waals surface area contributed by atoms with Crippen molar-refractivity contribution in [1.29, 1.82) is 0 Å². The number of benzene rings is 1. The van der Waals surface area contributed by atoms with E-state index in [0.717, 1.165) is 18.4 Å². The van der Waals surface area contributed by atoms with E-state index < -0.39 is 12.3 Å². The number of hydrogen-bond donors (Lipinski definition) is 1. The molecule has 130 valence electrons. The van der Waals surface area contributed by atoms with Crippen molar-refractivity contribution in [2.45, 2.75) is 45.5 Å². The third kappa shape index (κ3) is 6.20. The van der Waals surface area contributed by atoms with Gasteiger partial charge in [0, 0.05) is 23.3 Å². The number of nitrogens with zero attached hydrogens (tertiary/aromatic N) is 2. The zero-order valence-electron chi connectivity index (χ0n) is 13.5. The zero-order valence-corrected chi connectivity index (χ0v) is 14.3. The van der Waals surface area contributed by atoms with Gasteiger partial charge in [0.1, 0.15) is 6.61 Å². The van der Waals surface area contributed by atoms with Gasteiger partial charge in [0.2, 0.25) is 0 Å². The van der Waals surface area contributed by atoms with Crippen LogP contribution >= 0.6 is 11.6 Å². The Morgan fingerprint density at radius 2 is 2.21 bits per heavy atom. The number of amides is 1. The highest BCUT2D eigenvalue weighted by atomic mass is 35.5. The summed E-state index contributed by atoms with van der Waals surface area (Å²) in [4.78, 5) is 11.8. The quantitative estimate of drug-likeness (QED) is 0.692. The van der Waals surface area contributed by atoms with Crippen molar-refractivity contribution in [3.8, 4) is 0 Å². The van der Waals surface area contributed by atoms with Crippen LogP contribution in [-0.2, 0) is 17.9 Å². The first-order valence-corrected chi connectivity index (χ1v) is 8.26. The number of halogens is 2. The molecule has 0 radical (unpaired) electrons. The topological polar surface area (TPSA) is 56.2 Å². The molecular weight excluding hydrogens is 333 g/mol. The lowest BCUT2D eigenvalue weighted by molar-refractivity contribution is 0.155. The molecule has 1 N–H and O–H groups in total. The number of aryl methyl sites for hydroxylation is 1. The number of unbranched alkanes of at least 4 members (excludes halogenated alkanes) is 1. The van der Waals surface area contributed by atoms with Gasteiger partial charge in [0.25, 0.3) is 0 Å². The van der Waals surface area contributed by atoms with Gasteiger partial charge in [-0.1, -0.05) is 29.8 Å². The van der Waals surface area contributed by atoms with E-state index in [1.165, 1.54) is 0 Å². The molecule has 2 aromatic rings. The molecule has 1 heterocycles. The van der Waals surface area contributed by atoms with Crippen LogP contribution in [0, 0.1) is 0 Å². The number of aromatic nitrogens is 2. The van der Waals surface area contributed by atoms with Gasteiger partial charge in [-0.15, -0.1) is 0 Å². The minimum Gasteiger partial charge on any atom is -0.444 e. The largest absolute Gasteiger partial charge is 0.444 e. The monoisotopic (exact) mass is 353 g/mol. The molecule has 1 atom stereocenters. The zero-order chi connectivity index (χ0) is 17.4. The van der Waals surface area contributed by atoms with E-state index in [0.29, 0.717) is 23.7 Å². The summed E-state index contributed by atoms with van der Waals surface area (Å²) < 4.78 is 19.6. The minimum atomic E-state index is -0.771. The molecular formula is C17H21ClFN3O2. The second kappa shape index (κ2) is 9.27. The summed E-state index contributed by atoms with van der Waals surface area (Å²) in [6.07, 6.45) is 4.13. The maximum Gasteiger partial charge on any atom is 0.412 e. The molecule has 0 unspecified atom stereocenters. The van der Waals surface area contributed by atoms with Gasteiger partial charge in [-0.25, -0.2) is 9.18 Å². The van der Waals surface area contributed by atoms with Crippen LogP contribution in [0.25, 0.3) is 0 Å². The number of rotatable bonds is 8. The number of carbonyl (C=O) groups excluding carboxylic acids is 1. The SMILES string of the molecule is C[C@H](F)CCCCn1cc(NC(=O)OCc2ccccc2Cl)cn1. The van der Waals surface area contributed by atoms with Crippen LogP contribution in [0.15, 0.2) is 36.7 Å². The molecule has 5 nitrogen and oxygen atoms in total. The Bertz CT molecular complexity index is 661. The second-order valence-electron chi connectivity index (χ2n) is 5.56. The second-order valence-corrected chi connectivity index (χ2v) is 5.97. The number of hydrogen-bond acceptors (Lipinski definition) is 3. The van der Waals surface area contributed by atoms with E-state index in [9.17, 15) is 9.18 Å². The Labute approximate surface area is 145 Å². The first-order chi connectivity index (χ1) is 11.5. The van der Waals surface area contributed by atoms with Gasteiger partial charge in [-0.05, 0) is 32.3 Å². The van der Waals surface area contributed by atoms with Crippen molar-refractivity contribution in [1.82, 2.24) is 9.78 Å². The summed E-state index contributed by atoms with van der Waals surface area (Å²) in [5.74, 6) is 0. The smallest absolute Gasteiger partial charge is 0.412 e. The molecule has 0 aliphatic rings. The number of alkyl halides is 1. The summed E-state index contributed by atoms with van der Waals surface area (Å²) in [6, 6.07) is 7.18. The normalized spacial score (nSPS) is 12.0. The Morgan fingerprint density at radius 1 is 1.42 bits per heavy atom. The summed E-state index contributed by atoms with van der Waals surface area (Å²) in [5.41, 5.74) is 1.30. The summed E-state index contributed by atoms with van der Waals surface area (Å²) in [5, 5.41) is 7.32. The van der Waals surface area contributed by atoms with E-state index in [4.69, 9.17) is 16.3 Å². The Kier molecular flexibility index (Phi) is 7.06. The van der Waals surface area contributed by atoms with Gasteiger partial charge in [0.15, 0.2) is 0 Å². The Hall–Kier alpha value is -2.08. The summed E-state index contributed by atoms with van der Waals surface area (Å²) >= 11 is 6.00. The predicted octanol–water partition coefficient (Wildman–Crippen LogP) is 4.81. The predicted molar refractivity (Wildman–Crippen MR) is 91.9 cm³/mol. The number of carbonyl (C=O) groups is 1. The van der Waals surface area contributed by atoms with E-state index in [1.807, 2.05) is 12.1 Å². The van der Waals surface area contributed by atoms with Gasteiger partial charge < -0.3 is 4.74 Å². The highest BCUT2D eigenvalue weighted by molar-refractivity contribution is 6.31. The standard InChI is InChI=1S/C17H21ClFN3O2/c1-13(19)6-4-5-9-22-11-15(10-20-22)21-17(23)24-12-14-7-2-3-8-16(14)18/h2-3,7-8,10-11,13H,4-6,9,12H2,1H3,(H,21,23)/t13-/m0/s1. The lowest BCUT2D eigenvalue weighted by Gasteiger charge is -2.06. The highest BCUT2D eigenvalue weighted by Crippen LogP contribution is 2.16. The average molecular weight is 354 g/mol. The van der Waals surface area contributed by atoms with Gasteiger partial charge in [-0.2, -0.15) is 5.10 Å². The minimum absolute atomic E-state index is 0.0983. The first-order valence-electron chi connectivity index (χ1n) is 7.88. The fourth-order valence-electron chi connectivity index (χ4n) is 2.16. The average Bonchev–Trinajstić information content (AvgIpc) is 2.98. The van der Waals surface area contributed by atoms with Gasteiger partial charge >= 0.3 is 6.09 Å². The van der Waals surface area contributed by atoms with Gasteiger partial charge in [-0.3, -0.25) is 10.00 Å². The Morgan fingerprint density at radius 3 is 2.96 bits per heavy atom. The number of anilines is 1. The molecule has 24 heavy (non-hydrogen) atoms. The summed E-state index contributed by atoms with van der Waals surface area (Å²) in [6.45, 7) is 2.34. The van der Waals surface area contributed by atoms with Crippen molar-refractivity contribution in [3.63, 3.8) is 0 Å². The lowest BCUT2D eigenvalue weighted by Crippen LogP contribution is -2.13. The molecule has 1 aromatic heterocycles. The molecule has 2 rings (SSSR count). The van der Waals surface area contributed by atoms with E-state index >= 15 is 0 Å². The van der Waals surface area contributed by atoms with Gasteiger partial charge in [0.05, 0.1) is 18.1 Å². The molecule has 0 aliphatic heterocycles. The van der Waals surface area contributed by atoms with Crippen molar-refractivity contribution in [3.05, 3.63) is 47.2 Å². The Balaban J connectivity index is 1.73. The molecule has 0 bridgehead atoms. The molecule has 0 aliphatic carbocycles. The summed E-state index contributed by atoms with van der Waals surface area (Å²) in [7, 11) is 0.